The smallest absolute Gasteiger partial charge is 0.198 e. The summed E-state index contributed by atoms with van der Waals surface area (Å²) < 4.78 is 14.1. The van der Waals surface area contributed by atoms with Gasteiger partial charge in [-0.05, 0) is 68.9 Å². The molecule has 0 unspecified atom stereocenters. The molecule has 0 saturated heterocycles. The van der Waals surface area contributed by atoms with Crippen molar-refractivity contribution in [3.8, 4) is 5.88 Å². The van der Waals surface area contributed by atoms with E-state index in [-0.39, 0.29) is 11.7 Å². The zero-order valence-corrected chi connectivity index (χ0v) is 17.3. The van der Waals surface area contributed by atoms with Gasteiger partial charge >= 0.3 is 0 Å². The van der Waals surface area contributed by atoms with E-state index in [4.69, 9.17) is 0 Å². The summed E-state index contributed by atoms with van der Waals surface area (Å²) in [4.78, 5) is 9.63. The molecule has 6 heteroatoms. The number of nitrogens with zero attached hydrogens (tertiary/aromatic N) is 2. The maximum absolute atomic E-state index is 14.1. The van der Waals surface area contributed by atoms with Gasteiger partial charge < -0.3 is 20.3 Å². The van der Waals surface area contributed by atoms with Crippen LogP contribution in [0, 0.1) is 12.7 Å². The van der Waals surface area contributed by atoms with Crippen LogP contribution in [-0.2, 0) is 0 Å². The molecular formula is C23H29FN4O. The number of anilines is 1. The lowest BCUT2D eigenvalue weighted by molar-refractivity contribution is 0.303. The van der Waals surface area contributed by atoms with Crippen molar-refractivity contribution in [3.05, 3.63) is 53.3 Å². The van der Waals surface area contributed by atoms with E-state index in [0.29, 0.717) is 16.5 Å². The van der Waals surface area contributed by atoms with Crippen molar-refractivity contribution < 1.29 is 9.50 Å². The van der Waals surface area contributed by atoms with Gasteiger partial charge in [-0.2, -0.15) is 0 Å². The van der Waals surface area contributed by atoms with Gasteiger partial charge in [0.05, 0.1) is 16.8 Å². The summed E-state index contributed by atoms with van der Waals surface area (Å²) in [6.45, 7) is 10.6. The van der Waals surface area contributed by atoms with Crippen molar-refractivity contribution in [2.75, 3.05) is 31.5 Å². The number of aromatic hydroxyl groups is 1. The van der Waals surface area contributed by atoms with Crippen LogP contribution in [-0.4, -0.2) is 47.4 Å². The molecule has 3 rings (SSSR count). The number of hydrogen-bond acceptors (Lipinski definition) is 4. The van der Waals surface area contributed by atoms with E-state index in [1.54, 1.807) is 12.1 Å². The predicted molar refractivity (Wildman–Crippen MR) is 119 cm³/mol. The van der Waals surface area contributed by atoms with Crippen molar-refractivity contribution in [2.24, 2.45) is 4.99 Å². The highest BCUT2D eigenvalue weighted by Crippen LogP contribution is 2.29. The summed E-state index contributed by atoms with van der Waals surface area (Å²) >= 11 is 0. The monoisotopic (exact) mass is 396 g/mol. The second-order valence-corrected chi connectivity index (χ2v) is 7.11. The Morgan fingerprint density at radius 1 is 1.21 bits per heavy atom. The van der Waals surface area contributed by atoms with Gasteiger partial charge in [-0.3, -0.25) is 4.99 Å². The van der Waals surface area contributed by atoms with Crippen LogP contribution in [0.1, 0.15) is 31.4 Å². The zero-order chi connectivity index (χ0) is 20.8. The number of benzene rings is 2. The highest BCUT2D eigenvalue weighted by Gasteiger charge is 2.12. The topological polar surface area (TPSA) is 63.6 Å². The van der Waals surface area contributed by atoms with E-state index in [0.717, 1.165) is 49.5 Å². The van der Waals surface area contributed by atoms with Gasteiger partial charge in [0.15, 0.2) is 5.88 Å². The summed E-state index contributed by atoms with van der Waals surface area (Å²) in [6.07, 6.45) is 2.59. The third-order valence-corrected chi connectivity index (χ3v) is 5.20. The second kappa shape index (κ2) is 9.56. The van der Waals surface area contributed by atoms with E-state index in [1.807, 2.05) is 25.1 Å². The average molecular weight is 397 g/mol. The number of rotatable bonds is 9. The highest BCUT2D eigenvalue weighted by molar-refractivity contribution is 6.02. The molecule has 0 amide bonds. The van der Waals surface area contributed by atoms with E-state index in [9.17, 15) is 9.50 Å². The van der Waals surface area contributed by atoms with E-state index < -0.39 is 0 Å². The first-order valence-corrected chi connectivity index (χ1v) is 10.1. The van der Waals surface area contributed by atoms with Crippen LogP contribution in [0.25, 0.3) is 10.9 Å². The molecule has 0 spiro atoms. The molecule has 29 heavy (non-hydrogen) atoms. The summed E-state index contributed by atoms with van der Waals surface area (Å²) in [5, 5.41) is 13.9. The number of hydrogen-bond donors (Lipinski definition) is 3. The molecule has 3 N–H and O–H groups in total. The van der Waals surface area contributed by atoms with Crippen molar-refractivity contribution in [1.82, 2.24) is 9.88 Å². The molecule has 3 aromatic rings. The van der Waals surface area contributed by atoms with Crippen LogP contribution >= 0.6 is 0 Å². The third kappa shape index (κ3) is 4.95. The van der Waals surface area contributed by atoms with Crippen LogP contribution in [0.5, 0.6) is 5.88 Å². The standard InChI is InChI=1S/C23H29FN4O/c1-4-28(5-2)13-7-12-25-20-11-10-17(14-16(20)3)26-15-18-22-19(24)8-6-9-21(22)27-23(18)29/h6,8-11,14-15,25,27,29H,4-5,7,12-13H2,1-3H3. The molecule has 0 aliphatic rings. The Morgan fingerprint density at radius 3 is 2.72 bits per heavy atom. The number of nitrogens with one attached hydrogen (secondary N) is 2. The molecule has 0 radical (unpaired) electrons. The fourth-order valence-corrected chi connectivity index (χ4v) is 3.47. The molecule has 0 aliphatic heterocycles. The number of aliphatic imine (C=N–C) groups is 1. The van der Waals surface area contributed by atoms with E-state index in [1.165, 1.54) is 12.3 Å². The normalized spacial score (nSPS) is 11.8. The first-order valence-electron chi connectivity index (χ1n) is 10.1. The number of aryl methyl sites for hydroxylation is 1. The zero-order valence-electron chi connectivity index (χ0n) is 17.3. The van der Waals surface area contributed by atoms with Crippen LogP contribution in [0.4, 0.5) is 15.8 Å². The Hall–Kier alpha value is -2.86. The van der Waals surface area contributed by atoms with Gasteiger partial charge in [0.25, 0.3) is 0 Å². The molecule has 0 atom stereocenters. The lowest BCUT2D eigenvalue weighted by Gasteiger charge is -2.18. The molecule has 2 aromatic carbocycles. The van der Waals surface area contributed by atoms with Crippen LogP contribution < -0.4 is 5.32 Å². The molecule has 0 fully saturated rings. The Labute approximate surface area is 171 Å². The van der Waals surface area contributed by atoms with Crippen molar-refractivity contribution in [3.63, 3.8) is 0 Å². The summed E-state index contributed by atoms with van der Waals surface area (Å²) in [6, 6.07) is 10.6. The maximum Gasteiger partial charge on any atom is 0.198 e. The molecule has 0 aliphatic carbocycles. The molecule has 5 nitrogen and oxygen atoms in total. The molecule has 0 saturated carbocycles. The number of fused-ring (bicyclic) bond motifs is 1. The van der Waals surface area contributed by atoms with Gasteiger partial charge in [0, 0.05) is 23.8 Å². The molecule has 154 valence electrons. The largest absolute Gasteiger partial charge is 0.494 e. The van der Waals surface area contributed by atoms with Gasteiger partial charge in [-0.25, -0.2) is 4.39 Å². The summed E-state index contributed by atoms with van der Waals surface area (Å²) in [7, 11) is 0. The highest BCUT2D eigenvalue weighted by atomic mass is 19.1. The molecule has 1 aromatic heterocycles. The van der Waals surface area contributed by atoms with Crippen molar-refractivity contribution >= 4 is 28.5 Å². The maximum atomic E-state index is 14.1. The second-order valence-electron chi connectivity index (χ2n) is 7.11. The Balaban J connectivity index is 1.67. The van der Waals surface area contributed by atoms with Gasteiger partial charge in [0.1, 0.15) is 5.82 Å². The van der Waals surface area contributed by atoms with E-state index >= 15 is 0 Å². The Kier molecular flexibility index (Phi) is 6.88. The van der Waals surface area contributed by atoms with Gasteiger partial charge in [-0.15, -0.1) is 0 Å². The summed E-state index contributed by atoms with van der Waals surface area (Å²) in [5.74, 6) is -0.474. The van der Waals surface area contributed by atoms with Crippen LogP contribution in [0.2, 0.25) is 0 Å². The fourth-order valence-electron chi connectivity index (χ4n) is 3.47. The van der Waals surface area contributed by atoms with Crippen molar-refractivity contribution in [2.45, 2.75) is 27.2 Å². The lowest BCUT2D eigenvalue weighted by Crippen LogP contribution is -2.25. The fraction of sp³-hybridized carbons (Fsp3) is 0.348. The summed E-state index contributed by atoms with van der Waals surface area (Å²) in [5.41, 5.74) is 3.83. The lowest BCUT2D eigenvalue weighted by atomic mass is 10.1. The van der Waals surface area contributed by atoms with Crippen LogP contribution in [0.3, 0.4) is 0 Å². The minimum Gasteiger partial charge on any atom is -0.494 e. The Bertz CT molecular complexity index is 992. The van der Waals surface area contributed by atoms with Crippen molar-refractivity contribution in [1.29, 1.82) is 0 Å². The first kappa shape index (κ1) is 20.9. The molecule has 0 bridgehead atoms. The number of aromatic amines is 1. The first-order chi connectivity index (χ1) is 14.0. The number of H-pyrrole nitrogens is 1. The average Bonchev–Trinajstić information content (AvgIpc) is 3.04. The van der Waals surface area contributed by atoms with Gasteiger partial charge in [-0.1, -0.05) is 19.9 Å². The molecule has 1 heterocycles. The number of halogens is 1. The quantitative estimate of drug-likeness (QED) is 0.343. The molecular weight excluding hydrogens is 367 g/mol. The SMILES string of the molecule is CCN(CC)CCCNc1ccc(N=Cc2c(O)[nH]c3cccc(F)c23)cc1C. The van der Waals surface area contributed by atoms with Crippen LogP contribution in [0.15, 0.2) is 41.4 Å². The van der Waals surface area contributed by atoms with E-state index in [2.05, 4.69) is 34.0 Å². The predicted octanol–water partition coefficient (Wildman–Crippen LogP) is 5.22. The third-order valence-electron chi connectivity index (χ3n) is 5.20. The van der Waals surface area contributed by atoms with Gasteiger partial charge in [0.2, 0.25) is 0 Å². The Morgan fingerprint density at radius 2 is 2.00 bits per heavy atom. The minimum atomic E-state index is -0.388. The number of aromatic nitrogens is 1. The minimum absolute atomic E-state index is 0.0861.